The molecule has 1 aromatic carbocycles. The van der Waals surface area contributed by atoms with Gasteiger partial charge in [-0.05, 0) is 17.7 Å². The molecule has 0 atom stereocenters. The highest BCUT2D eigenvalue weighted by Crippen LogP contribution is 2.32. The normalized spacial score (nSPS) is 10.3. The lowest BCUT2D eigenvalue weighted by Crippen LogP contribution is -2.13. The number of carboxylic acids is 1. The average Bonchev–Trinajstić information content (AvgIpc) is 2.74. The Morgan fingerprint density at radius 2 is 1.83 bits per heavy atom. The molecule has 3 N–H and O–H groups in total. The van der Waals surface area contributed by atoms with E-state index in [-0.39, 0.29) is 10.4 Å². The number of aromatic carboxylic acids is 1. The van der Waals surface area contributed by atoms with Crippen molar-refractivity contribution in [2.24, 2.45) is 5.73 Å². The van der Waals surface area contributed by atoms with Gasteiger partial charge in [-0.1, -0.05) is 23.7 Å². The van der Waals surface area contributed by atoms with Crippen molar-refractivity contribution in [2.45, 2.75) is 0 Å². The summed E-state index contributed by atoms with van der Waals surface area (Å²) in [6.07, 6.45) is 0. The number of carboxylic acid groups (broad SMARTS) is 1. The molecule has 92 valence electrons. The van der Waals surface area contributed by atoms with Crippen LogP contribution in [0.3, 0.4) is 0 Å². The summed E-state index contributed by atoms with van der Waals surface area (Å²) < 4.78 is 0. The van der Waals surface area contributed by atoms with Gasteiger partial charge in [0.1, 0.15) is 4.88 Å². The van der Waals surface area contributed by atoms with Crippen molar-refractivity contribution in [1.82, 2.24) is 0 Å². The summed E-state index contributed by atoms with van der Waals surface area (Å²) in [7, 11) is 0. The van der Waals surface area contributed by atoms with Gasteiger partial charge in [0.15, 0.2) is 0 Å². The second kappa shape index (κ2) is 4.80. The summed E-state index contributed by atoms with van der Waals surface area (Å²) in [6.45, 7) is 0. The summed E-state index contributed by atoms with van der Waals surface area (Å²) in [5.41, 5.74) is 6.25. The minimum absolute atomic E-state index is 0.0486. The van der Waals surface area contributed by atoms with E-state index in [0.29, 0.717) is 16.1 Å². The van der Waals surface area contributed by atoms with E-state index in [2.05, 4.69) is 0 Å². The third-order valence-electron chi connectivity index (χ3n) is 2.38. The van der Waals surface area contributed by atoms with Crippen LogP contribution < -0.4 is 5.73 Å². The van der Waals surface area contributed by atoms with Gasteiger partial charge in [-0.25, -0.2) is 4.79 Å². The van der Waals surface area contributed by atoms with Gasteiger partial charge >= 0.3 is 5.97 Å². The Labute approximate surface area is 112 Å². The Morgan fingerprint density at radius 3 is 2.33 bits per heavy atom. The van der Waals surface area contributed by atoms with Crippen molar-refractivity contribution < 1.29 is 14.7 Å². The minimum Gasteiger partial charge on any atom is -0.478 e. The van der Waals surface area contributed by atoms with Gasteiger partial charge in [0, 0.05) is 16.0 Å². The number of amides is 1. The highest BCUT2D eigenvalue weighted by Gasteiger charge is 2.22. The molecule has 0 fully saturated rings. The van der Waals surface area contributed by atoms with Crippen LogP contribution in [-0.2, 0) is 0 Å². The van der Waals surface area contributed by atoms with Crippen LogP contribution >= 0.6 is 22.9 Å². The predicted octanol–water partition coefficient (Wildman–Crippen LogP) is 2.87. The first-order chi connectivity index (χ1) is 8.50. The van der Waals surface area contributed by atoms with Crippen molar-refractivity contribution >= 4 is 34.8 Å². The maximum Gasteiger partial charge on any atom is 0.338 e. The number of rotatable bonds is 3. The molecule has 0 aliphatic carbocycles. The van der Waals surface area contributed by atoms with E-state index in [0.717, 1.165) is 11.3 Å². The van der Waals surface area contributed by atoms with E-state index in [1.54, 1.807) is 29.6 Å². The molecular weight excluding hydrogens is 274 g/mol. The zero-order chi connectivity index (χ0) is 13.3. The van der Waals surface area contributed by atoms with Gasteiger partial charge in [-0.15, -0.1) is 11.3 Å². The van der Waals surface area contributed by atoms with Gasteiger partial charge in [0.25, 0.3) is 5.91 Å². The Bertz CT molecular complexity index is 619. The summed E-state index contributed by atoms with van der Waals surface area (Å²) in [6, 6.07) is 6.71. The minimum atomic E-state index is -1.17. The van der Waals surface area contributed by atoms with Crippen molar-refractivity contribution in [3.8, 4) is 11.1 Å². The van der Waals surface area contributed by atoms with Crippen LogP contribution in [0.1, 0.15) is 20.0 Å². The number of hydrogen-bond donors (Lipinski definition) is 2. The highest BCUT2D eigenvalue weighted by atomic mass is 35.5. The molecule has 2 aromatic rings. The molecule has 1 amide bonds. The first-order valence-electron chi connectivity index (χ1n) is 4.91. The van der Waals surface area contributed by atoms with Gasteiger partial charge in [-0.2, -0.15) is 0 Å². The quantitative estimate of drug-likeness (QED) is 0.908. The lowest BCUT2D eigenvalue weighted by atomic mass is 10.0. The van der Waals surface area contributed by atoms with E-state index >= 15 is 0 Å². The fourth-order valence-corrected chi connectivity index (χ4v) is 2.64. The molecule has 6 heteroatoms. The molecule has 1 heterocycles. The highest BCUT2D eigenvalue weighted by molar-refractivity contribution is 7.13. The van der Waals surface area contributed by atoms with E-state index in [1.807, 2.05) is 0 Å². The Balaban J connectivity index is 2.61. The van der Waals surface area contributed by atoms with Gasteiger partial charge in [0.2, 0.25) is 0 Å². The molecule has 0 bridgehead atoms. The van der Waals surface area contributed by atoms with Crippen molar-refractivity contribution in [1.29, 1.82) is 0 Å². The topological polar surface area (TPSA) is 80.4 Å². The third kappa shape index (κ3) is 2.23. The van der Waals surface area contributed by atoms with Crippen LogP contribution in [0.2, 0.25) is 5.02 Å². The Morgan fingerprint density at radius 1 is 1.22 bits per heavy atom. The van der Waals surface area contributed by atoms with Crippen molar-refractivity contribution in [3.05, 3.63) is 45.1 Å². The average molecular weight is 282 g/mol. The lowest BCUT2D eigenvalue weighted by Gasteiger charge is -2.02. The van der Waals surface area contributed by atoms with Crippen LogP contribution in [0.15, 0.2) is 29.6 Å². The fraction of sp³-hybridized carbons (Fsp3) is 0. The van der Waals surface area contributed by atoms with Crippen LogP contribution in [-0.4, -0.2) is 17.0 Å². The predicted molar refractivity (Wildman–Crippen MR) is 70.2 cm³/mol. The zero-order valence-corrected chi connectivity index (χ0v) is 10.6. The summed E-state index contributed by atoms with van der Waals surface area (Å²) in [4.78, 5) is 22.4. The standard InChI is InChI=1S/C12H8ClNO3S/c13-7-3-1-6(2-4-7)8-5-18-10(11(14)15)9(8)12(16)17/h1-5H,(H2,14,15)(H,16,17). The SMILES string of the molecule is NC(=O)c1scc(-c2ccc(Cl)cc2)c1C(=O)O. The number of nitrogens with two attached hydrogens (primary N) is 1. The van der Waals surface area contributed by atoms with E-state index < -0.39 is 11.9 Å². The first-order valence-corrected chi connectivity index (χ1v) is 6.17. The van der Waals surface area contributed by atoms with Crippen molar-refractivity contribution in [2.75, 3.05) is 0 Å². The van der Waals surface area contributed by atoms with Crippen LogP contribution in [0.5, 0.6) is 0 Å². The molecule has 4 nitrogen and oxygen atoms in total. The smallest absolute Gasteiger partial charge is 0.338 e. The second-order valence-electron chi connectivity index (χ2n) is 3.53. The molecule has 0 aliphatic heterocycles. The number of carbonyl (C=O) groups is 2. The maximum atomic E-state index is 11.2. The molecule has 0 radical (unpaired) electrons. The van der Waals surface area contributed by atoms with Crippen LogP contribution in [0.25, 0.3) is 11.1 Å². The van der Waals surface area contributed by atoms with Gasteiger partial charge in [-0.3, -0.25) is 4.79 Å². The molecule has 0 unspecified atom stereocenters. The first kappa shape index (κ1) is 12.6. The monoisotopic (exact) mass is 281 g/mol. The van der Waals surface area contributed by atoms with E-state index in [4.69, 9.17) is 17.3 Å². The molecule has 18 heavy (non-hydrogen) atoms. The number of benzene rings is 1. The number of hydrogen-bond acceptors (Lipinski definition) is 3. The molecule has 0 spiro atoms. The second-order valence-corrected chi connectivity index (χ2v) is 4.85. The number of halogens is 1. The number of carbonyl (C=O) groups excluding carboxylic acids is 1. The van der Waals surface area contributed by atoms with Gasteiger partial charge < -0.3 is 10.8 Å². The molecular formula is C12H8ClNO3S. The Kier molecular flexibility index (Phi) is 3.36. The summed E-state index contributed by atoms with van der Waals surface area (Å²) >= 11 is 6.79. The number of thiophene rings is 1. The molecule has 0 aliphatic rings. The van der Waals surface area contributed by atoms with Crippen LogP contribution in [0.4, 0.5) is 0 Å². The lowest BCUT2D eigenvalue weighted by molar-refractivity contribution is 0.0694. The molecule has 2 rings (SSSR count). The van der Waals surface area contributed by atoms with E-state index in [1.165, 1.54) is 0 Å². The fourth-order valence-electron chi connectivity index (χ4n) is 1.59. The summed E-state index contributed by atoms with van der Waals surface area (Å²) in [5.74, 6) is -1.91. The number of primary amides is 1. The van der Waals surface area contributed by atoms with Crippen molar-refractivity contribution in [3.63, 3.8) is 0 Å². The Hall–Kier alpha value is -1.85. The molecule has 0 saturated heterocycles. The molecule has 1 aromatic heterocycles. The third-order valence-corrected chi connectivity index (χ3v) is 3.63. The van der Waals surface area contributed by atoms with Crippen LogP contribution in [0, 0.1) is 0 Å². The summed E-state index contributed by atoms with van der Waals surface area (Å²) in [5, 5.41) is 11.3. The van der Waals surface area contributed by atoms with E-state index in [9.17, 15) is 14.7 Å². The molecule has 0 saturated carbocycles. The largest absolute Gasteiger partial charge is 0.478 e. The zero-order valence-electron chi connectivity index (χ0n) is 9.01. The van der Waals surface area contributed by atoms with Gasteiger partial charge in [0.05, 0.1) is 5.56 Å². The maximum absolute atomic E-state index is 11.2.